The van der Waals surface area contributed by atoms with Gasteiger partial charge >= 0.3 is 12.1 Å². The van der Waals surface area contributed by atoms with Gasteiger partial charge < -0.3 is 4.74 Å². The van der Waals surface area contributed by atoms with Gasteiger partial charge in [-0.1, -0.05) is 91.6 Å². The number of halogens is 5. The highest BCUT2D eigenvalue weighted by molar-refractivity contribution is 6.55. The van der Waals surface area contributed by atoms with Crippen LogP contribution in [0.1, 0.15) is 36.6 Å². The van der Waals surface area contributed by atoms with E-state index >= 15 is 0 Å². The standard InChI is InChI=1S/C24H22Cl2F3NO2/c1-15(2)22(19(13-21(25)26)24(27,28)29)23(31)32-20(14-30)18-10-6-9-17(12-18)11-16-7-4-3-5-8-16/h3-10,12-13,15,19-20,22H,11H2,1-2H3. The second-order valence-electron chi connectivity index (χ2n) is 7.65. The van der Waals surface area contributed by atoms with Gasteiger partial charge in [0.15, 0.2) is 0 Å². The highest BCUT2D eigenvalue weighted by atomic mass is 35.5. The minimum atomic E-state index is -4.78. The molecule has 32 heavy (non-hydrogen) atoms. The molecule has 2 rings (SSSR count). The molecule has 0 saturated carbocycles. The molecule has 8 heteroatoms. The van der Waals surface area contributed by atoms with E-state index in [1.807, 2.05) is 42.5 Å². The summed E-state index contributed by atoms with van der Waals surface area (Å²) in [6.07, 6.45) is -4.97. The highest BCUT2D eigenvalue weighted by Gasteiger charge is 2.48. The predicted octanol–water partition coefficient (Wildman–Crippen LogP) is 7.15. The fourth-order valence-corrected chi connectivity index (χ4v) is 3.70. The smallest absolute Gasteiger partial charge is 0.396 e. The predicted molar refractivity (Wildman–Crippen MR) is 118 cm³/mol. The molecule has 0 fully saturated rings. The summed E-state index contributed by atoms with van der Waals surface area (Å²) in [6, 6.07) is 18.3. The summed E-state index contributed by atoms with van der Waals surface area (Å²) in [7, 11) is 0. The second kappa shape index (κ2) is 11.4. The van der Waals surface area contributed by atoms with Crippen LogP contribution < -0.4 is 0 Å². The van der Waals surface area contributed by atoms with Gasteiger partial charge in [0, 0.05) is 5.56 Å². The Balaban J connectivity index is 2.28. The van der Waals surface area contributed by atoms with E-state index in [0.29, 0.717) is 18.1 Å². The lowest BCUT2D eigenvalue weighted by Gasteiger charge is -2.29. The SMILES string of the molecule is CC(C)C(C(=O)OC(C#N)c1cccc(Cc2ccccc2)c1)C(C=C(Cl)Cl)C(F)(F)F. The maximum Gasteiger partial charge on any atom is 0.396 e. The first-order valence-electron chi connectivity index (χ1n) is 9.85. The van der Waals surface area contributed by atoms with Gasteiger partial charge in [0.05, 0.1) is 11.8 Å². The zero-order chi connectivity index (χ0) is 23.9. The Kier molecular flexibility index (Phi) is 9.18. The largest absolute Gasteiger partial charge is 0.442 e. The lowest BCUT2D eigenvalue weighted by atomic mass is 9.82. The van der Waals surface area contributed by atoms with Crippen molar-refractivity contribution in [1.29, 1.82) is 5.26 Å². The molecular formula is C24H22Cl2F3NO2. The lowest BCUT2D eigenvalue weighted by molar-refractivity contribution is -0.192. The Morgan fingerprint density at radius 1 is 1.09 bits per heavy atom. The Morgan fingerprint density at radius 2 is 1.72 bits per heavy atom. The Hall–Kier alpha value is -2.49. The van der Waals surface area contributed by atoms with Crippen LogP contribution in [0.5, 0.6) is 0 Å². The van der Waals surface area contributed by atoms with Crippen LogP contribution in [-0.4, -0.2) is 12.1 Å². The summed E-state index contributed by atoms with van der Waals surface area (Å²) in [5.41, 5.74) is 2.30. The van der Waals surface area contributed by atoms with Gasteiger partial charge in [-0.3, -0.25) is 4.79 Å². The number of allylic oxidation sites excluding steroid dienone is 1. The molecule has 2 aromatic rings. The van der Waals surface area contributed by atoms with E-state index in [2.05, 4.69) is 0 Å². The maximum absolute atomic E-state index is 13.6. The van der Waals surface area contributed by atoms with Crippen LogP contribution in [0.4, 0.5) is 13.2 Å². The number of carbonyl (C=O) groups excluding carboxylic acids is 1. The highest BCUT2D eigenvalue weighted by Crippen LogP contribution is 2.39. The summed E-state index contributed by atoms with van der Waals surface area (Å²) >= 11 is 10.9. The third kappa shape index (κ3) is 7.29. The summed E-state index contributed by atoms with van der Waals surface area (Å²) < 4.78 is 45.5. The van der Waals surface area contributed by atoms with Crippen molar-refractivity contribution in [3.05, 3.63) is 81.9 Å². The van der Waals surface area contributed by atoms with Crippen molar-refractivity contribution in [1.82, 2.24) is 0 Å². The van der Waals surface area contributed by atoms with Crippen LogP contribution in [0.25, 0.3) is 0 Å². The molecule has 170 valence electrons. The Morgan fingerprint density at radius 3 is 2.25 bits per heavy atom. The molecule has 0 radical (unpaired) electrons. The number of nitrogens with zero attached hydrogens (tertiary/aromatic N) is 1. The van der Waals surface area contributed by atoms with Crippen LogP contribution in [-0.2, 0) is 16.0 Å². The van der Waals surface area contributed by atoms with Crippen molar-refractivity contribution in [2.75, 3.05) is 0 Å². The molecule has 0 aliphatic rings. The lowest BCUT2D eigenvalue weighted by Crippen LogP contribution is -2.38. The van der Waals surface area contributed by atoms with E-state index in [1.165, 1.54) is 13.8 Å². The molecule has 0 heterocycles. The quantitative estimate of drug-likeness (QED) is 0.374. The molecule has 0 amide bonds. The first-order chi connectivity index (χ1) is 15.0. The number of benzene rings is 2. The number of hydrogen-bond acceptors (Lipinski definition) is 3. The molecule has 0 bridgehead atoms. The van der Waals surface area contributed by atoms with Crippen LogP contribution in [0.2, 0.25) is 0 Å². The third-order valence-corrected chi connectivity index (χ3v) is 5.17. The maximum atomic E-state index is 13.6. The molecular weight excluding hydrogens is 462 g/mol. The number of carbonyl (C=O) groups is 1. The summed E-state index contributed by atoms with van der Waals surface area (Å²) in [4.78, 5) is 12.8. The van der Waals surface area contributed by atoms with E-state index in [0.717, 1.165) is 11.1 Å². The van der Waals surface area contributed by atoms with Gasteiger partial charge in [0.25, 0.3) is 0 Å². The number of esters is 1. The van der Waals surface area contributed by atoms with Crippen LogP contribution in [0, 0.1) is 29.1 Å². The number of nitriles is 1. The molecule has 2 aromatic carbocycles. The van der Waals surface area contributed by atoms with Gasteiger partial charge in [0.1, 0.15) is 10.6 Å². The van der Waals surface area contributed by atoms with E-state index < -0.39 is 40.5 Å². The van der Waals surface area contributed by atoms with Crippen LogP contribution in [0.15, 0.2) is 65.2 Å². The molecule has 0 spiro atoms. The van der Waals surface area contributed by atoms with E-state index in [4.69, 9.17) is 27.9 Å². The molecule has 3 unspecified atom stereocenters. The fraction of sp³-hybridized carbons (Fsp3) is 0.333. The number of ether oxygens (including phenoxy) is 1. The molecule has 0 aliphatic carbocycles. The van der Waals surface area contributed by atoms with E-state index in [9.17, 15) is 23.2 Å². The molecule has 3 atom stereocenters. The minimum absolute atomic E-state index is 0.381. The summed E-state index contributed by atoms with van der Waals surface area (Å²) in [5.74, 6) is -5.76. The van der Waals surface area contributed by atoms with Crippen molar-refractivity contribution in [2.24, 2.45) is 17.8 Å². The van der Waals surface area contributed by atoms with Crippen LogP contribution in [0.3, 0.4) is 0 Å². The molecule has 0 saturated heterocycles. The van der Waals surface area contributed by atoms with Crippen molar-refractivity contribution in [3.63, 3.8) is 0 Å². The number of alkyl halides is 3. The van der Waals surface area contributed by atoms with Gasteiger partial charge in [-0.05, 0) is 29.5 Å². The van der Waals surface area contributed by atoms with Gasteiger partial charge in [-0.2, -0.15) is 18.4 Å². The molecule has 0 N–H and O–H groups in total. The molecule has 0 aliphatic heterocycles. The van der Waals surface area contributed by atoms with Gasteiger partial charge in [-0.15, -0.1) is 0 Å². The van der Waals surface area contributed by atoms with E-state index in [-0.39, 0.29) is 0 Å². The van der Waals surface area contributed by atoms with Crippen molar-refractivity contribution in [2.45, 2.75) is 32.5 Å². The second-order valence-corrected chi connectivity index (χ2v) is 8.65. The van der Waals surface area contributed by atoms with Gasteiger partial charge in [-0.25, -0.2) is 0 Å². The zero-order valence-corrected chi connectivity index (χ0v) is 19.0. The number of rotatable bonds is 8. The fourth-order valence-electron chi connectivity index (χ4n) is 3.43. The Bertz CT molecular complexity index is 981. The normalized spacial score (nSPS) is 14.2. The van der Waals surface area contributed by atoms with Crippen molar-refractivity contribution >= 4 is 29.2 Å². The van der Waals surface area contributed by atoms with Crippen LogP contribution >= 0.6 is 23.2 Å². The Labute approximate surface area is 195 Å². The monoisotopic (exact) mass is 483 g/mol. The van der Waals surface area contributed by atoms with Gasteiger partial charge in [0.2, 0.25) is 6.10 Å². The topological polar surface area (TPSA) is 50.1 Å². The molecule has 0 aromatic heterocycles. The number of hydrogen-bond donors (Lipinski definition) is 0. The van der Waals surface area contributed by atoms with E-state index in [1.54, 1.807) is 18.2 Å². The average molecular weight is 484 g/mol. The summed E-state index contributed by atoms with van der Waals surface area (Å²) in [5, 5.41) is 9.57. The van der Waals surface area contributed by atoms with Crippen molar-refractivity contribution < 1.29 is 22.7 Å². The minimum Gasteiger partial charge on any atom is -0.442 e. The zero-order valence-electron chi connectivity index (χ0n) is 17.4. The third-order valence-electron chi connectivity index (χ3n) is 4.92. The first-order valence-corrected chi connectivity index (χ1v) is 10.6. The van der Waals surface area contributed by atoms with Crippen molar-refractivity contribution in [3.8, 4) is 6.07 Å². The first kappa shape index (κ1) is 25.8. The molecule has 3 nitrogen and oxygen atoms in total. The summed E-state index contributed by atoms with van der Waals surface area (Å²) in [6.45, 7) is 2.92. The average Bonchev–Trinajstić information content (AvgIpc) is 2.71.